The largest absolute Gasteiger partial charge is 0.462 e. The molecule has 7 nitrogen and oxygen atoms in total. The van der Waals surface area contributed by atoms with Gasteiger partial charge in [-0.2, -0.15) is 0 Å². The van der Waals surface area contributed by atoms with Gasteiger partial charge in [0.05, 0.1) is 24.3 Å². The molecule has 4 N–H and O–H groups in total. The minimum atomic E-state index is -0.308. The van der Waals surface area contributed by atoms with Gasteiger partial charge in [-0.25, -0.2) is 9.59 Å². The van der Waals surface area contributed by atoms with E-state index in [1.54, 1.807) is 55.5 Å². The number of nitrogens with zero attached hydrogens (tertiary/aromatic N) is 1. The predicted octanol–water partition coefficient (Wildman–Crippen LogP) is 4.24. The normalized spacial score (nSPS) is 10.8. The molecular formula is C25H37N3O4. The number of carbonyl (C=O) groups excluding carboxylic acids is 2. The monoisotopic (exact) mass is 443 g/mol. The molecule has 176 valence electrons. The second kappa shape index (κ2) is 13.4. The van der Waals surface area contributed by atoms with Crippen molar-refractivity contribution < 1.29 is 19.1 Å². The van der Waals surface area contributed by atoms with E-state index in [4.69, 9.17) is 20.9 Å². The van der Waals surface area contributed by atoms with Crippen molar-refractivity contribution in [3.05, 3.63) is 59.7 Å². The molecule has 0 atom stereocenters. The lowest BCUT2D eigenvalue weighted by molar-refractivity contribution is 0.0274. The summed E-state index contributed by atoms with van der Waals surface area (Å²) in [6, 6.07) is 13.4. The molecule has 0 aromatic heterocycles. The van der Waals surface area contributed by atoms with Gasteiger partial charge in [0.1, 0.15) is 0 Å². The maximum atomic E-state index is 12.0. The Balaban J connectivity index is 0.000000363. The first-order valence-electron chi connectivity index (χ1n) is 10.9. The van der Waals surface area contributed by atoms with Gasteiger partial charge < -0.3 is 25.8 Å². The summed E-state index contributed by atoms with van der Waals surface area (Å²) < 4.78 is 10.2. The summed E-state index contributed by atoms with van der Waals surface area (Å²) in [5.74, 6) is -0.602. The van der Waals surface area contributed by atoms with Crippen molar-refractivity contribution in [3.63, 3.8) is 0 Å². The second-order valence-electron chi connectivity index (χ2n) is 8.17. The van der Waals surface area contributed by atoms with Crippen LogP contribution in [-0.4, -0.2) is 49.7 Å². The fourth-order valence-corrected chi connectivity index (χ4v) is 2.90. The van der Waals surface area contributed by atoms with E-state index in [-0.39, 0.29) is 17.4 Å². The zero-order valence-electron chi connectivity index (χ0n) is 19.9. The van der Waals surface area contributed by atoms with Gasteiger partial charge in [-0.05, 0) is 68.5 Å². The fraction of sp³-hybridized carbons (Fsp3) is 0.440. The van der Waals surface area contributed by atoms with E-state index in [0.717, 1.165) is 19.6 Å². The molecule has 2 rings (SSSR count). The lowest BCUT2D eigenvalue weighted by Crippen LogP contribution is -2.37. The average molecular weight is 444 g/mol. The van der Waals surface area contributed by atoms with Crippen molar-refractivity contribution in [1.82, 2.24) is 4.90 Å². The van der Waals surface area contributed by atoms with E-state index in [1.807, 2.05) is 0 Å². The molecule has 2 aromatic carbocycles. The lowest BCUT2D eigenvalue weighted by atomic mass is 9.94. The Bertz CT molecular complexity index is 829. The Hall–Kier alpha value is -3.06. The topological polar surface area (TPSA) is 108 Å². The molecule has 0 spiro atoms. The van der Waals surface area contributed by atoms with Crippen LogP contribution < -0.4 is 11.5 Å². The van der Waals surface area contributed by atoms with Crippen LogP contribution in [0.25, 0.3) is 0 Å². The molecule has 0 amide bonds. The van der Waals surface area contributed by atoms with Crippen LogP contribution in [-0.2, 0) is 9.47 Å². The minimum Gasteiger partial charge on any atom is -0.462 e. The van der Waals surface area contributed by atoms with Gasteiger partial charge in [0, 0.05) is 23.3 Å². The summed E-state index contributed by atoms with van der Waals surface area (Å²) in [6.45, 7) is 14.0. The van der Waals surface area contributed by atoms with Crippen LogP contribution in [0.3, 0.4) is 0 Å². The van der Waals surface area contributed by atoms with E-state index in [9.17, 15) is 9.59 Å². The predicted molar refractivity (Wildman–Crippen MR) is 130 cm³/mol. The number of hydrogen-bond donors (Lipinski definition) is 2. The van der Waals surface area contributed by atoms with Crippen LogP contribution in [0.5, 0.6) is 0 Å². The van der Waals surface area contributed by atoms with Gasteiger partial charge in [-0.3, -0.25) is 0 Å². The maximum Gasteiger partial charge on any atom is 0.338 e. The Morgan fingerprint density at radius 3 is 1.56 bits per heavy atom. The van der Waals surface area contributed by atoms with Gasteiger partial charge in [-0.1, -0.05) is 27.7 Å². The molecule has 0 bridgehead atoms. The molecule has 0 heterocycles. The summed E-state index contributed by atoms with van der Waals surface area (Å²) in [5, 5.41) is 0. The number of nitrogens with two attached hydrogens (primary N) is 2. The van der Waals surface area contributed by atoms with Crippen molar-refractivity contribution in [2.75, 3.05) is 44.3 Å². The van der Waals surface area contributed by atoms with E-state index in [1.165, 1.54) is 0 Å². The third-order valence-corrected chi connectivity index (χ3v) is 4.71. The molecule has 7 heteroatoms. The molecule has 0 aliphatic carbocycles. The molecule has 0 saturated carbocycles. The number of carbonyl (C=O) groups is 2. The van der Waals surface area contributed by atoms with Gasteiger partial charge in [0.25, 0.3) is 0 Å². The minimum absolute atomic E-state index is 0.0600. The summed E-state index contributed by atoms with van der Waals surface area (Å²) in [7, 11) is 0. The third-order valence-electron chi connectivity index (χ3n) is 4.71. The number of benzene rings is 2. The Labute approximate surface area is 191 Å². The number of anilines is 2. The zero-order chi connectivity index (χ0) is 24.1. The third kappa shape index (κ3) is 9.83. The first kappa shape index (κ1) is 27.0. The molecule has 0 aliphatic rings. The van der Waals surface area contributed by atoms with Crippen LogP contribution in [0.4, 0.5) is 11.4 Å². The van der Waals surface area contributed by atoms with E-state index in [0.29, 0.717) is 35.7 Å². The maximum absolute atomic E-state index is 12.0. The Morgan fingerprint density at radius 2 is 1.19 bits per heavy atom. The summed E-state index contributed by atoms with van der Waals surface area (Å²) in [6.07, 6.45) is 0. The van der Waals surface area contributed by atoms with Crippen molar-refractivity contribution in [2.24, 2.45) is 5.41 Å². The van der Waals surface area contributed by atoms with E-state index < -0.39 is 0 Å². The zero-order valence-corrected chi connectivity index (χ0v) is 19.9. The SMILES string of the molecule is CCN(CC)CC(C)(C)COC(=O)c1ccc(N)cc1.CCOC(=O)c1ccc(N)cc1. The number of nitrogen functional groups attached to an aromatic ring is 2. The summed E-state index contributed by atoms with van der Waals surface area (Å²) >= 11 is 0. The van der Waals surface area contributed by atoms with Crippen molar-refractivity contribution in [2.45, 2.75) is 34.6 Å². The highest BCUT2D eigenvalue weighted by Crippen LogP contribution is 2.18. The quantitative estimate of drug-likeness (QED) is 0.441. The lowest BCUT2D eigenvalue weighted by Gasteiger charge is -2.30. The molecule has 0 unspecified atom stereocenters. The number of hydrogen-bond acceptors (Lipinski definition) is 7. The van der Waals surface area contributed by atoms with Crippen LogP contribution >= 0.6 is 0 Å². The standard InChI is InChI=1S/C16H26N2O2.C9H11NO2/c1-5-18(6-2)11-16(3,4)12-20-15(19)13-7-9-14(17)10-8-13;1-2-12-9(11)7-3-5-8(10)6-4-7/h7-10H,5-6,11-12,17H2,1-4H3;3-6H,2,10H2,1H3. The average Bonchev–Trinajstić information content (AvgIpc) is 2.77. The molecular weight excluding hydrogens is 406 g/mol. The first-order chi connectivity index (χ1) is 15.1. The highest BCUT2D eigenvalue weighted by molar-refractivity contribution is 5.90. The van der Waals surface area contributed by atoms with Crippen LogP contribution in [0.15, 0.2) is 48.5 Å². The molecule has 0 saturated heterocycles. The Morgan fingerprint density at radius 1 is 0.781 bits per heavy atom. The molecule has 0 radical (unpaired) electrons. The van der Waals surface area contributed by atoms with E-state index in [2.05, 4.69) is 32.6 Å². The first-order valence-corrected chi connectivity index (χ1v) is 10.9. The van der Waals surface area contributed by atoms with Gasteiger partial charge >= 0.3 is 11.9 Å². The van der Waals surface area contributed by atoms with Crippen molar-refractivity contribution in [3.8, 4) is 0 Å². The summed E-state index contributed by atoms with van der Waals surface area (Å²) in [5.41, 5.74) is 13.3. The van der Waals surface area contributed by atoms with Gasteiger partial charge in [0.15, 0.2) is 0 Å². The van der Waals surface area contributed by atoms with Crippen molar-refractivity contribution in [1.29, 1.82) is 0 Å². The highest BCUT2D eigenvalue weighted by atomic mass is 16.5. The number of ether oxygens (including phenoxy) is 2. The molecule has 32 heavy (non-hydrogen) atoms. The molecule has 0 aliphatic heterocycles. The summed E-state index contributed by atoms with van der Waals surface area (Å²) in [4.78, 5) is 25.4. The van der Waals surface area contributed by atoms with Crippen molar-refractivity contribution >= 4 is 23.3 Å². The van der Waals surface area contributed by atoms with Crippen LogP contribution in [0, 0.1) is 5.41 Å². The molecule has 0 fully saturated rings. The van der Waals surface area contributed by atoms with Crippen LogP contribution in [0.1, 0.15) is 55.3 Å². The van der Waals surface area contributed by atoms with Gasteiger partial charge in [-0.15, -0.1) is 0 Å². The van der Waals surface area contributed by atoms with Crippen LogP contribution in [0.2, 0.25) is 0 Å². The number of esters is 2. The van der Waals surface area contributed by atoms with Gasteiger partial charge in [0.2, 0.25) is 0 Å². The highest BCUT2D eigenvalue weighted by Gasteiger charge is 2.23. The Kier molecular flexibility index (Phi) is 11.3. The van der Waals surface area contributed by atoms with E-state index >= 15 is 0 Å². The fourth-order valence-electron chi connectivity index (χ4n) is 2.90. The smallest absolute Gasteiger partial charge is 0.338 e. The second-order valence-corrected chi connectivity index (χ2v) is 8.17. The number of rotatable bonds is 9. The molecule has 2 aromatic rings.